The van der Waals surface area contributed by atoms with Crippen LogP contribution < -0.4 is 5.32 Å². The number of hydrogen-bond donors (Lipinski definition) is 1. The molecule has 0 atom stereocenters. The summed E-state index contributed by atoms with van der Waals surface area (Å²) in [5, 5.41) is 3.94. The highest BCUT2D eigenvalue weighted by Crippen LogP contribution is 2.33. The maximum atomic E-state index is 12.7. The molecule has 0 unspecified atom stereocenters. The molecule has 0 radical (unpaired) electrons. The molecule has 3 heterocycles. The first-order valence-electron chi connectivity index (χ1n) is 8.68. The van der Waals surface area contributed by atoms with E-state index in [2.05, 4.69) is 15.3 Å². The highest BCUT2D eigenvalue weighted by molar-refractivity contribution is 7.20. The van der Waals surface area contributed by atoms with Crippen LogP contribution in [0.5, 0.6) is 0 Å². The van der Waals surface area contributed by atoms with Crippen molar-refractivity contribution in [2.75, 3.05) is 0 Å². The lowest BCUT2D eigenvalue weighted by atomic mass is 10.1. The average Bonchev–Trinajstić information content (AvgIpc) is 3.29. The number of carbonyl (C=O) groups excluding carboxylic acids is 1. The molecule has 4 aromatic rings. The number of fused-ring (bicyclic) bond motifs is 1. The third kappa shape index (κ3) is 3.36. The van der Waals surface area contributed by atoms with E-state index < -0.39 is 0 Å². The van der Waals surface area contributed by atoms with Crippen molar-refractivity contribution in [1.29, 1.82) is 0 Å². The molecule has 0 spiro atoms. The van der Waals surface area contributed by atoms with Gasteiger partial charge in [0.1, 0.15) is 4.83 Å². The van der Waals surface area contributed by atoms with Crippen LogP contribution in [0.1, 0.15) is 32.1 Å². The van der Waals surface area contributed by atoms with Crippen LogP contribution in [0.4, 0.5) is 0 Å². The van der Waals surface area contributed by atoms with E-state index in [1.807, 2.05) is 57.2 Å². The zero-order chi connectivity index (χ0) is 19.0. The Morgan fingerprint density at radius 2 is 1.89 bits per heavy atom. The lowest BCUT2D eigenvalue weighted by Gasteiger charge is -2.05. The molecule has 5 nitrogen and oxygen atoms in total. The van der Waals surface area contributed by atoms with Crippen LogP contribution in [-0.4, -0.2) is 15.9 Å². The van der Waals surface area contributed by atoms with Gasteiger partial charge >= 0.3 is 0 Å². The van der Waals surface area contributed by atoms with Gasteiger partial charge in [-0.05, 0) is 44.0 Å². The van der Waals surface area contributed by atoms with Gasteiger partial charge in [-0.1, -0.05) is 29.8 Å². The zero-order valence-electron chi connectivity index (χ0n) is 15.4. The fourth-order valence-electron chi connectivity index (χ4n) is 3.04. The summed E-state index contributed by atoms with van der Waals surface area (Å²) >= 11 is 1.39. The molecule has 3 aromatic heterocycles. The zero-order valence-corrected chi connectivity index (χ0v) is 16.2. The third-order valence-corrected chi connectivity index (χ3v) is 5.68. The summed E-state index contributed by atoms with van der Waals surface area (Å²) in [5.41, 5.74) is 4.04. The number of aryl methyl sites for hydroxylation is 3. The number of thiophene rings is 1. The number of hydrogen-bond acceptors (Lipinski definition) is 5. The molecule has 0 bridgehead atoms. The Morgan fingerprint density at radius 1 is 1.11 bits per heavy atom. The average molecular weight is 377 g/mol. The monoisotopic (exact) mass is 377 g/mol. The maximum Gasteiger partial charge on any atom is 0.261 e. The van der Waals surface area contributed by atoms with Crippen LogP contribution in [0.3, 0.4) is 0 Å². The van der Waals surface area contributed by atoms with E-state index in [0.29, 0.717) is 23.0 Å². The largest absolute Gasteiger partial charge is 0.461 e. The maximum absolute atomic E-state index is 12.7. The van der Waals surface area contributed by atoms with Crippen molar-refractivity contribution < 1.29 is 9.21 Å². The summed E-state index contributed by atoms with van der Waals surface area (Å²) in [4.78, 5) is 23.4. The molecular formula is C21H19N3O2S. The van der Waals surface area contributed by atoms with Crippen molar-refractivity contribution in [2.24, 2.45) is 0 Å². The molecule has 4 rings (SSSR count). The van der Waals surface area contributed by atoms with Crippen molar-refractivity contribution in [3.05, 3.63) is 69.9 Å². The third-order valence-electron chi connectivity index (χ3n) is 4.49. The molecule has 1 N–H and O–H groups in total. The van der Waals surface area contributed by atoms with Gasteiger partial charge in [-0.15, -0.1) is 11.3 Å². The lowest BCUT2D eigenvalue weighted by Crippen LogP contribution is -2.22. The molecule has 0 aliphatic heterocycles. The summed E-state index contributed by atoms with van der Waals surface area (Å²) in [5.74, 6) is 1.07. The topological polar surface area (TPSA) is 68.0 Å². The van der Waals surface area contributed by atoms with Gasteiger partial charge in [-0.25, -0.2) is 9.97 Å². The number of benzene rings is 1. The Kier molecular flexibility index (Phi) is 4.49. The number of nitrogens with zero attached hydrogens (tertiary/aromatic N) is 2. The van der Waals surface area contributed by atoms with E-state index >= 15 is 0 Å². The second-order valence-electron chi connectivity index (χ2n) is 6.51. The number of carbonyl (C=O) groups is 1. The molecule has 6 heteroatoms. The van der Waals surface area contributed by atoms with Gasteiger partial charge in [0, 0.05) is 11.9 Å². The Morgan fingerprint density at radius 3 is 2.59 bits per heavy atom. The summed E-state index contributed by atoms with van der Waals surface area (Å²) in [7, 11) is 0. The van der Waals surface area contributed by atoms with Crippen LogP contribution in [0.25, 0.3) is 21.8 Å². The minimum Gasteiger partial charge on any atom is -0.461 e. The molecule has 0 saturated heterocycles. The van der Waals surface area contributed by atoms with Crippen LogP contribution in [0, 0.1) is 20.8 Å². The molecular weight excluding hydrogens is 358 g/mol. The van der Waals surface area contributed by atoms with Crippen molar-refractivity contribution in [1.82, 2.24) is 15.3 Å². The number of nitrogens with one attached hydrogen (secondary N) is 1. The molecule has 0 fully saturated rings. The summed E-state index contributed by atoms with van der Waals surface area (Å²) in [6, 6.07) is 11.8. The van der Waals surface area contributed by atoms with Crippen molar-refractivity contribution in [3.8, 4) is 11.6 Å². The van der Waals surface area contributed by atoms with Crippen molar-refractivity contribution >= 4 is 27.5 Å². The molecule has 1 amide bonds. The summed E-state index contributed by atoms with van der Waals surface area (Å²) < 4.78 is 5.40. The van der Waals surface area contributed by atoms with Crippen LogP contribution in [0.2, 0.25) is 0 Å². The molecule has 0 aliphatic rings. The molecule has 136 valence electrons. The normalized spacial score (nSPS) is 11.1. The standard InChI is InChI=1S/C21H19N3O2S/c1-12-6-8-15(9-7-12)11-22-20(25)18-13(2)17-14(3)23-19(24-21(17)27-18)16-5-4-10-26-16/h4-10H,11H2,1-3H3,(H,22,25). The number of furan rings is 1. The SMILES string of the molecule is Cc1ccc(CNC(=O)c2sc3nc(-c4ccco4)nc(C)c3c2C)cc1. The van der Waals surface area contributed by atoms with Crippen LogP contribution >= 0.6 is 11.3 Å². The fraction of sp³-hybridized carbons (Fsp3) is 0.190. The van der Waals surface area contributed by atoms with E-state index in [1.165, 1.54) is 16.9 Å². The predicted octanol–water partition coefficient (Wildman–Crippen LogP) is 4.81. The molecule has 1 aromatic carbocycles. The number of aromatic nitrogens is 2. The highest BCUT2D eigenvalue weighted by Gasteiger charge is 2.20. The van der Waals surface area contributed by atoms with E-state index in [4.69, 9.17) is 4.42 Å². The quantitative estimate of drug-likeness (QED) is 0.554. The van der Waals surface area contributed by atoms with E-state index in [0.717, 1.165) is 27.0 Å². The lowest BCUT2D eigenvalue weighted by molar-refractivity contribution is 0.0954. The van der Waals surface area contributed by atoms with Gasteiger partial charge in [-0.3, -0.25) is 4.79 Å². The predicted molar refractivity (Wildman–Crippen MR) is 107 cm³/mol. The summed E-state index contributed by atoms with van der Waals surface area (Å²) in [6.45, 7) is 6.42. The second kappa shape index (κ2) is 6.96. The second-order valence-corrected chi connectivity index (χ2v) is 7.51. The first-order valence-corrected chi connectivity index (χ1v) is 9.50. The van der Waals surface area contributed by atoms with E-state index in [1.54, 1.807) is 6.26 Å². The smallest absolute Gasteiger partial charge is 0.261 e. The first-order chi connectivity index (χ1) is 13.0. The van der Waals surface area contributed by atoms with Crippen LogP contribution in [-0.2, 0) is 6.54 Å². The van der Waals surface area contributed by atoms with Gasteiger partial charge in [0.15, 0.2) is 11.6 Å². The van der Waals surface area contributed by atoms with Crippen molar-refractivity contribution in [2.45, 2.75) is 27.3 Å². The Labute approximate surface area is 161 Å². The van der Waals surface area contributed by atoms with Gasteiger partial charge in [0.25, 0.3) is 5.91 Å². The summed E-state index contributed by atoms with van der Waals surface area (Å²) in [6.07, 6.45) is 1.60. The van der Waals surface area contributed by atoms with Gasteiger partial charge < -0.3 is 9.73 Å². The Bertz CT molecular complexity index is 1110. The van der Waals surface area contributed by atoms with E-state index in [-0.39, 0.29) is 5.91 Å². The van der Waals surface area contributed by atoms with Crippen molar-refractivity contribution in [3.63, 3.8) is 0 Å². The van der Waals surface area contributed by atoms with Crippen LogP contribution in [0.15, 0.2) is 47.1 Å². The highest BCUT2D eigenvalue weighted by atomic mass is 32.1. The fourth-order valence-corrected chi connectivity index (χ4v) is 4.19. The van der Waals surface area contributed by atoms with Gasteiger partial charge in [0.2, 0.25) is 0 Å². The number of amides is 1. The Hall–Kier alpha value is -2.99. The first kappa shape index (κ1) is 17.4. The number of rotatable bonds is 4. The van der Waals surface area contributed by atoms with Gasteiger partial charge in [-0.2, -0.15) is 0 Å². The van der Waals surface area contributed by atoms with E-state index in [9.17, 15) is 4.79 Å². The molecule has 27 heavy (non-hydrogen) atoms. The minimum absolute atomic E-state index is 0.0879. The van der Waals surface area contributed by atoms with Gasteiger partial charge in [0.05, 0.1) is 16.8 Å². The Balaban J connectivity index is 1.63. The molecule has 0 aliphatic carbocycles. The molecule has 0 saturated carbocycles. The minimum atomic E-state index is -0.0879.